The van der Waals surface area contributed by atoms with Crippen molar-refractivity contribution < 1.29 is 19.1 Å². The van der Waals surface area contributed by atoms with Crippen molar-refractivity contribution in [1.82, 2.24) is 0 Å². The minimum absolute atomic E-state index is 0.106. The van der Waals surface area contributed by atoms with Crippen LogP contribution in [0.2, 0.25) is 0 Å². The van der Waals surface area contributed by atoms with Crippen molar-refractivity contribution in [2.24, 2.45) is 5.92 Å². The number of nitrogens with one attached hydrogen (secondary N) is 1. The summed E-state index contributed by atoms with van der Waals surface area (Å²) in [5.74, 6) is 0.171. The first-order valence-electron chi connectivity index (χ1n) is 8.42. The van der Waals surface area contributed by atoms with Crippen LogP contribution < -0.4 is 10.1 Å². The second kappa shape index (κ2) is 7.83. The highest BCUT2D eigenvalue weighted by atomic mass is 16.5. The molecule has 2 aromatic carbocycles. The van der Waals surface area contributed by atoms with Crippen molar-refractivity contribution in [3.8, 4) is 5.75 Å². The van der Waals surface area contributed by atoms with Gasteiger partial charge < -0.3 is 14.8 Å². The Morgan fingerprint density at radius 1 is 1.16 bits per heavy atom. The Bertz CT molecular complexity index is 772. The molecule has 25 heavy (non-hydrogen) atoms. The Morgan fingerprint density at radius 3 is 2.76 bits per heavy atom. The van der Waals surface area contributed by atoms with Gasteiger partial charge in [-0.1, -0.05) is 36.4 Å². The molecule has 0 spiro atoms. The van der Waals surface area contributed by atoms with Gasteiger partial charge in [-0.15, -0.1) is 0 Å². The van der Waals surface area contributed by atoms with Gasteiger partial charge in [-0.2, -0.15) is 0 Å². The van der Waals surface area contributed by atoms with Gasteiger partial charge in [0.2, 0.25) is 5.91 Å². The summed E-state index contributed by atoms with van der Waals surface area (Å²) in [6.45, 7) is 2.46. The second-order valence-electron chi connectivity index (χ2n) is 5.95. The zero-order valence-electron chi connectivity index (χ0n) is 14.2. The maximum Gasteiger partial charge on any atom is 0.310 e. The Morgan fingerprint density at radius 2 is 1.92 bits per heavy atom. The smallest absolute Gasteiger partial charge is 0.310 e. The summed E-state index contributed by atoms with van der Waals surface area (Å²) in [4.78, 5) is 24.4. The predicted molar refractivity (Wildman–Crippen MR) is 94.5 cm³/mol. The number of benzene rings is 2. The average molecular weight is 339 g/mol. The highest BCUT2D eigenvalue weighted by molar-refractivity contribution is 5.94. The third-order valence-electron chi connectivity index (χ3n) is 4.17. The van der Waals surface area contributed by atoms with Gasteiger partial charge in [-0.25, -0.2) is 0 Å². The first-order valence-corrected chi connectivity index (χ1v) is 8.42. The van der Waals surface area contributed by atoms with Crippen LogP contribution in [0.4, 0.5) is 5.69 Å². The van der Waals surface area contributed by atoms with Gasteiger partial charge >= 0.3 is 5.97 Å². The minimum Gasteiger partial charge on any atom is -0.492 e. The molecule has 1 atom stereocenters. The Hall–Kier alpha value is -2.82. The van der Waals surface area contributed by atoms with E-state index in [1.807, 2.05) is 42.5 Å². The molecule has 5 heteroatoms. The van der Waals surface area contributed by atoms with E-state index in [0.717, 1.165) is 16.9 Å². The van der Waals surface area contributed by atoms with Crippen LogP contribution in [0, 0.1) is 5.92 Å². The van der Waals surface area contributed by atoms with E-state index in [9.17, 15) is 9.59 Å². The fraction of sp³-hybridized carbons (Fsp3) is 0.300. The molecule has 0 radical (unpaired) electrons. The van der Waals surface area contributed by atoms with Crippen LogP contribution in [-0.2, 0) is 27.2 Å². The fourth-order valence-electron chi connectivity index (χ4n) is 2.90. The van der Waals surface area contributed by atoms with E-state index in [-0.39, 0.29) is 24.2 Å². The van der Waals surface area contributed by atoms with Gasteiger partial charge in [-0.3, -0.25) is 9.59 Å². The summed E-state index contributed by atoms with van der Waals surface area (Å²) in [5.41, 5.74) is 2.42. The van der Waals surface area contributed by atoms with Crippen molar-refractivity contribution in [2.75, 3.05) is 18.5 Å². The third-order valence-corrected chi connectivity index (χ3v) is 4.17. The molecule has 0 fully saturated rings. The van der Waals surface area contributed by atoms with Crippen molar-refractivity contribution in [1.29, 1.82) is 0 Å². The molecule has 1 N–H and O–H groups in total. The normalized spacial score (nSPS) is 15.6. The summed E-state index contributed by atoms with van der Waals surface area (Å²) in [5, 5.41) is 2.93. The molecule has 5 nitrogen and oxygen atoms in total. The molecule has 1 amide bonds. The average Bonchev–Trinajstić information content (AvgIpc) is 2.63. The highest BCUT2D eigenvalue weighted by Gasteiger charge is 2.26. The lowest BCUT2D eigenvalue weighted by Gasteiger charge is -2.24. The number of fused-ring (bicyclic) bond motifs is 1. The van der Waals surface area contributed by atoms with Crippen LogP contribution in [0.5, 0.6) is 5.75 Å². The van der Waals surface area contributed by atoms with Crippen molar-refractivity contribution >= 4 is 17.6 Å². The summed E-state index contributed by atoms with van der Waals surface area (Å²) >= 11 is 0. The molecule has 0 saturated carbocycles. The maximum atomic E-state index is 12.6. The second-order valence-corrected chi connectivity index (χ2v) is 5.95. The van der Waals surface area contributed by atoms with E-state index in [1.54, 1.807) is 13.0 Å². The van der Waals surface area contributed by atoms with E-state index in [4.69, 9.17) is 9.47 Å². The summed E-state index contributed by atoms with van der Waals surface area (Å²) < 4.78 is 10.7. The molecule has 0 aliphatic carbocycles. The molecular weight excluding hydrogens is 318 g/mol. The number of ether oxygens (including phenoxy) is 2. The Labute approximate surface area is 147 Å². The number of rotatable bonds is 5. The third kappa shape index (κ3) is 4.18. The Kier molecular flexibility index (Phi) is 5.33. The predicted octanol–water partition coefficient (Wildman–Crippen LogP) is 2.98. The van der Waals surface area contributed by atoms with E-state index in [1.165, 1.54) is 0 Å². The maximum absolute atomic E-state index is 12.6. The number of hydrogen-bond donors (Lipinski definition) is 1. The van der Waals surface area contributed by atoms with E-state index < -0.39 is 0 Å². The number of carbonyl (C=O) groups excluding carboxylic acids is 2. The topological polar surface area (TPSA) is 64.6 Å². The number of carbonyl (C=O) groups is 2. The zero-order chi connectivity index (χ0) is 17.6. The van der Waals surface area contributed by atoms with Crippen LogP contribution in [0.3, 0.4) is 0 Å². The molecule has 1 aliphatic heterocycles. The van der Waals surface area contributed by atoms with E-state index in [2.05, 4.69) is 5.32 Å². The van der Waals surface area contributed by atoms with Gasteiger partial charge in [-0.05, 0) is 36.6 Å². The lowest BCUT2D eigenvalue weighted by Crippen LogP contribution is -2.32. The van der Waals surface area contributed by atoms with Crippen molar-refractivity contribution in [3.05, 3.63) is 59.7 Å². The summed E-state index contributed by atoms with van der Waals surface area (Å²) in [6.07, 6.45) is 0.774. The van der Waals surface area contributed by atoms with E-state index in [0.29, 0.717) is 25.3 Å². The molecule has 0 unspecified atom stereocenters. The van der Waals surface area contributed by atoms with Crippen LogP contribution >= 0.6 is 0 Å². The first-order chi connectivity index (χ1) is 12.2. The summed E-state index contributed by atoms with van der Waals surface area (Å²) in [6, 6.07) is 15.0. The van der Waals surface area contributed by atoms with Gasteiger partial charge in [0.05, 0.1) is 18.9 Å². The Balaban J connectivity index is 1.68. The van der Waals surface area contributed by atoms with Gasteiger partial charge in [0.15, 0.2) is 0 Å². The molecule has 2 aromatic rings. The lowest BCUT2D eigenvalue weighted by molar-refractivity contribution is -0.142. The van der Waals surface area contributed by atoms with Crippen LogP contribution in [0.15, 0.2) is 48.5 Å². The molecule has 0 bridgehead atoms. The lowest BCUT2D eigenvalue weighted by atomic mass is 9.96. The number of para-hydroxylation sites is 2. The molecule has 0 saturated heterocycles. The minimum atomic E-state index is -0.306. The van der Waals surface area contributed by atoms with Crippen LogP contribution in [0.1, 0.15) is 18.1 Å². The highest BCUT2D eigenvalue weighted by Crippen LogP contribution is 2.28. The monoisotopic (exact) mass is 339 g/mol. The first kappa shape index (κ1) is 17.0. The molecular formula is C20H21NO4. The largest absolute Gasteiger partial charge is 0.492 e. The molecule has 1 heterocycles. The number of hydrogen-bond acceptors (Lipinski definition) is 4. The van der Waals surface area contributed by atoms with Crippen LogP contribution in [-0.4, -0.2) is 25.1 Å². The summed E-state index contributed by atoms with van der Waals surface area (Å²) in [7, 11) is 0. The molecule has 130 valence electrons. The van der Waals surface area contributed by atoms with Crippen LogP contribution in [0.25, 0.3) is 0 Å². The molecule has 0 aromatic heterocycles. The fourth-order valence-corrected chi connectivity index (χ4v) is 2.90. The SMILES string of the molecule is CCOC(=O)Cc1ccccc1NC(=O)[C@H]1COc2ccccc2C1. The number of amides is 1. The standard InChI is InChI=1S/C20H21NO4/c1-2-24-19(22)12-14-7-3-5-9-17(14)21-20(23)16-11-15-8-4-6-10-18(15)25-13-16/h3-10,16H,2,11-13H2,1H3,(H,21,23)/t16-/m1/s1. The molecule has 3 rings (SSSR count). The van der Waals surface area contributed by atoms with Gasteiger partial charge in [0.1, 0.15) is 12.4 Å². The number of anilines is 1. The van der Waals surface area contributed by atoms with Crippen molar-refractivity contribution in [2.45, 2.75) is 19.8 Å². The number of esters is 1. The van der Waals surface area contributed by atoms with Gasteiger partial charge in [0, 0.05) is 5.69 Å². The zero-order valence-corrected chi connectivity index (χ0v) is 14.2. The van der Waals surface area contributed by atoms with Crippen molar-refractivity contribution in [3.63, 3.8) is 0 Å². The molecule has 1 aliphatic rings. The van der Waals surface area contributed by atoms with E-state index >= 15 is 0 Å². The quantitative estimate of drug-likeness (QED) is 0.851. The van der Waals surface area contributed by atoms with Gasteiger partial charge in [0.25, 0.3) is 0 Å².